The Morgan fingerprint density at radius 1 is 0.889 bits per heavy atom. The number of alkyl halides is 6. The summed E-state index contributed by atoms with van der Waals surface area (Å²) in [6.07, 6.45) is -9.12. The van der Waals surface area contributed by atoms with E-state index >= 15 is 0 Å². The largest absolute Gasteiger partial charge is 0.464 e. The Bertz CT molecular complexity index is 1000. The third kappa shape index (κ3) is 3.49. The molecule has 2 aromatic carbocycles. The van der Waals surface area contributed by atoms with E-state index in [9.17, 15) is 31.1 Å². The van der Waals surface area contributed by atoms with Crippen molar-refractivity contribution in [3.8, 4) is 11.1 Å². The maximum Gasteiger partial charge on any atom is 0.416 e. The topological polar surface area (TPSA) is 42.1 Å². The predicted octanol–water partition coefficient (Wildman–Crippen LogP) is 5.66. The number of fused-ring (bicyclic) bond motifs is 1. The highest BCUT2D eigenvalue weighted by Gasteiger charge is 2.32. The van der Waals surface area contributed by atoms with E-state index in [1.165, 1.54) is 0 Å². The molecule has 0 atom stereocenters. The second-order valence-electron chi connectivity index (χ2n) is 5.70. The number of carbonyl (C=O) groups is 1. The van der Waals surface area contributed by atoms with Crippen LogP contribution in [0.5, 0.6) is 0 Å². The molecule has 0 spiro atoms. The van der Waals surface area contributed by atoms with E-state index in [0.29, 0.717) is 0 Å². The summed E-state index contributed by atoms with van der Waals surface area (Å²) in [6.45, 7) is 0. The van der Waals surface area contributed by atoms with Crippen LogP contribution in [0.1, 0.15) is 21.6 Å². The lowest BCUT2D eigenvalue weighted by Crippen LogP contribution is -2.05. The van der Waals surface area contributed by atoms with Crippen molar-refractivity contribution in [2.45, 2.75) is 12.4 Å². The van der Waals surface area contributed by atoms with Gasteiger partial charge in [0.15, 0.2) is 0 Å². The summed E-state index contributed by atoms with van der Waals surface area (Å²) in [5.74, 6) is -0.852. The molecular weight excluding hydrogens is 376 g/mol. The van der Waals surface area contributed by atoms with Crippen molar-refractivity contribution in [1.29, 1.82) is 0 Å². The van der Waals surface area contributed by atoms with Crippen molar-refractivity contribution < 1.29 is 35.9 Å². The zero-order valence-electron chi connectivity index (χ0n) is 13.6. The first-order valence-electron chi connectivity index (χ1n) is 7.51. The molecule has 0 unspecified atom stereocenters. The summed E-state index contributed by atoms with van der Waals surface area (Å²) in [5.41, 5.74) is -1.54. The van der Waals surface area contributed by atoms with Crippen LogP contribution in [0.25, 0.3) is 22.0 Å². The molecule has 1 N–H and O–H groups in total. The molecule has 0 aliphatic carbocycles. The quantitative estimate of drug-likeness (QED) is 0.456. The van der Waals surface area contributed by atoms with Crippen LogP contribution < -0.4 is 0 Å². The summed E-state index contributed by atoms with van der Waals surface area (Å²) in [4.78, 5) is 14.6. The van der Waals surface area contributed by atoms with Crippen LogP contribution in [-0.2, 0) is 17.1 Å². The van der Waals surface area contributed by atoms with Crippen LogP contribution in [0.4, 0.5) is 26.3 Å². The fourth-order valence-corrected chi connectivity index (χ4v) is 2.75. The second kappa shape index (κ2) is 6.33. The number of benzene rings is 2. The third-order valence-corrected chi connectivity index (χ3v) is 4.02. The van der Waals surface area contributed by atoms with E-state index < -0.39 is 29.4 Å². The molecule has 0 aliphatic heterocycles. The average Bonchev–Trinajstić information content (AvgIpc) is 2.98. The maximum atomic E-state index is 12.9. The van der Waals surface area contributed by atoms with Crippen molar-refractivity contribution in [3.05, 3.63) is 59.3 Å². The van der Waals surface area contributed by atoms with Gasteiger partial charge in [-0.05, 0) is 29.8 Å². The van der Waals surface area contributed by atoms with Gasteiger partial charge in [0, 0.05) is 16.5 Å². The molecule has 3 aromatic rings. The van der Waals surface area contributed by atoms with Crippen LogP contribution in [0.3, 0.4) is 0 Å². The van der Waals surface area contributed by atoms with Crippen molar-refractivity contribution in [2.24, 2.45) is 0 Å². The molecule has 0 aliphatic rings. The summed E-state index contributed by atoms with van der Waals surface area (Å²) in [5, 5.41) is 0.253. The van der Waals surface area contributed by atoms with Crippen molar-refractivity contribution in [1.82, 2.24) is 4.98 Å². The van der Waals surface area contributed by atoms with Gasteiger partial charge < -0.3 is 9.72 Å². The highest BCUT2D eigenvalue weighted by atomic mass is 19.4. The Balaban J connectivity index is 2.22. The van der Waals surface area contributed by atoms with Crippen molar-refractivity contribution in [2.75, 3.05) is 7.11 Å². The molecule has 0 bridgehead atoms. The number of aromatic nitrogens is 1. The standard InChI is InChI=1S/C18H11F6NO2/c1-27-16(26)15-14(9-2-4-10(5-3-9)17(19,20)21)12-7-6-11(18(22,23)24)8-13(12)25-15/h2-8,25H,1H3. The van der Waals surface area contributed by atoms with Gasteiger partial charge in [-0.25, -0.2) is 4.79 Å². The zero-order chi connectivity index (χ0) is 20.0. The number of hydrogen-bond donors (Lipinski definition) is 1. The van der Waals surface area contributed by atoms with E-state index in [0.717, 1.165) is 49.6 Å². The summed E-state index contributed by atoms with van der Waals surface area (Å²) >= 11 is 0. The van der Waals surface area contributed by atoms with Gasteiger partial charge >= 0.3 is 18.3 Å². The van der Waals surface area contributed by atoms with Crippen LogP contribution in [-0.4, -0.2) is 18.1 Å². The molecule has 27 heavy (non-hydrogen) atoms. The predicted molar refractivity (Wildman–Crippen MR) is 85.1 cm³/mol. The fourth-order valence-electron chi connectivity index (χ4n) is 2.75. The molecule has 0 saturated carbocycles. The first-order chi connectivity index (χ1) is 12.5. The number of rotatable bonds is 2. The third-order valence-electron chi connectivity index (χ3n) is 4.02. The molecule has 0 amide bonds. The number of halogens is 6. The Hall–Kier alpha value is -2.97. The molecule has 1 aromatic heterocycles. The van der Waals surface area contributed by atoms with Crippen LogP contribution in [0.15, 0.2) is 42.5 Å². The van der Waals surface area contributed by atoms with Gasteiger partial charge in [-0.1, -0.05) is 18.2 Å². The smallest absolute Gasteiger partial charge is 0.416 e. The van der Waals surface area contributed by atoms with Gasteiger partial charge in [-0.3, -0.25) is 0 Å². The molecule has 0 fully saturated rings. The minimum atomic E-state index is -4.58. The molecular formula is C18H11F6NO2. The molecule has 3 nitrogen and oxygen atoms in total. The van der Waals surface area contributed by atoms with E-state index in [1.807, 2.05) is 0 Å². The Morgan fingerprint density at radius 2 is 1.44 bits per heavy atom. The van der Waals surface area contributed by atoms with Crippen LogP contribution >= 0.6 is 0 Å². The number of carbonyl (C=O) groups excluding carboxylic acids is 1. The summed E-state index contributed by atoms with van der Waals surface area (Å²) < 4.78 is 81.6. The average molecular weight is 387 g/mol. The Labute approximate surface area is 148 Å². The lowest BCUT2D eigenvalue weighted by molar-refractivity contribution is -0.138. The highest BCUT2D eigenvalue weighted by Crippen LogP contribution is 2.38. The monoisotopic (exact) mass is 387 g/mol. The minimum Gasteiger partial charge on any atom is -0.464 e. The molecule has 0 radical (unpaired) electrons. The number of ether oxygens (including phenoxy) is 1. The number of nitrogens with one attached hydrogen (secondary N) is 1. The van der Waals surface area contributed by atoms with Crippen LogP contribution in [0.2, 0.25) is 0 Å². The van der Waals surface area contributed by atoms with E-state index in [-0.39, 0.29) is 27.7 Å². The number of H-pyrrole nitrogens is 1. The van der Waals surface area contributed by atoms with Crippen LogP contribution in [0, 0.1) is 0 Å². The van der Waals surface area contributed by atoms with Gasteiger partial charge in [0.25, 0.3) is 0 Å². The summed E-state index contributed by atoms with van der Waals surface area (Å²) in [6, 6.07) is 6.79. The number of hydrogen-bond acceptors (Lipinski definition) is 2. The van der Waals surface area contributed by atoms with E-state index in [4.69, 9.17) is 0 Å². The molecule has 142 valence electrons. The molecule has 9 heteroatoms. The number of aromatic amines is 1. The molecule has 0 saturated heterocycles. The van der Waals surface area contributed by atoms with Gasteiger partial charge in [0.1, 0.15) is 5.69 Å². The minimum absolute atomic E-state index is 0.0140. The lowest BCUT2D eigenvalue weighted by atomic mass is 9.99. The van der Waals surface area contributed by atoms with E-state index in [2.05, 4.69) is 9.72 Å². The van der Waals surface area contributed by atoms with Gasteiger partial charge in [0.2, 0.25) is 0 Å². The maximum absolute atomic E-state index is 12.9. The van der Waals surface area contributed by atoms with Crippen molar-refractivity contribution in [3.63, 3.8) is 0 Å². The van der Waals surface area contributed by atoms with E-state index in [1.54, 1.807) is 0 Å². The fraction of sp³-hybridized carbons (Fsp3) is 0.167. The number of esters is 1. The second-order valence-corrected chi connectivity index (χ2v) is 5.70. The first-order valence-corrected chi connectivity index (χ1v) is 7.51. The zero-order valence-corrected chi connectivity index (χ0v) is 13.6. The van der Waals surface area contributed by atoms with Gasteiger partial charge in [-0.2, -0.15) is 26.3 Å². The Kier molecular flexibility index (Phi) is 4.41. The Morgan fingerprint density at radius 3 is 1.96 bits per heavy atom. The normalized spacial score (nSPS) is 12.4. The first kappa shape index (κ1) is 18.8. The number of methoxy groups -OCH3 is 1. The highest BCUT2D eigenvalue weighted by molar-refractivity contribution is 6.08. The summed E-state index contributed by atoms with van der Waals surface area (Å²) in [7, 11) is 1.09. The van der Waals surface area contributed by atoms with Gasteiger partial charge in [0.05, 0.1) is 18.2 Å². The molecule has 1 heterocycles. The molecule has 3 rings (SSSR count). The van der Waals surface area contributed by atoms with Gasteiger partial charge in [-0.15, -0.1) is 0 Å². The SMILES string of the molecule is COC(=O)c1[nH]c2cc(C(F)(F)F)ccc2c1-c1ccc(C(F)(F)F)cc1. The van der Waals surface area contributed by atoms with Crippen molar-refractivity contribution >= 4 is 16.9 Å². The lowest BCUT2D eigenvalue weighted by Gasteiger charge is -2.09.